The number of nitrogens with zero attached hydrogens (tertiary/aromatic N) is 4. The van der Waals surface area contributed by atoms with Crippen molar-refractivity contribution in [3.05, 3.63) is 41.6 Å². The molecule has 1 aliphatic heterocycles. The first-order chi connectivity index (χ1) is 12.5. The maximum atomic E-state index is 13.0. The fourth-order valence-corrected chi connectivity index (χ4v) is 3.21. The van der Waals surface area contributed by atoms with Crippen molar-refractivity contribution in [3.8, 4) is 0 Å². The van der Waals surface area contributed by atoms with Crippen LogP contribution in [0.3, 0.4) is 0 Å². The van der Waals surface area contributed by atoms with E-state index in [1.165, 1.54) is 0 Å². The molecule has 3 heterocycles. The van der Waals surface area contributed by atoms with Gasteiger partial charge in [0.05, 0.1) is 12.6 Å². The molecule has 7 heteroatoms. The number of hydrogen-bond acceptors (Lipinski definition) is 5. The standard InChI is InChI=1S/C19H29N5O2/c1-15-6-7-17(26-15)14-23(12-11-22(2)3)19(25)18-8-10-24(21-18)16-5-4-9-20-13-16/h6-8,10,16,20H,4-5,9,11-14H2,1-3H3. The zero-order valence-corrected chi connectivity index (χ0v) is 15.9. The molecule has 1 unspecified atom stereocenters. The summed E-state index contributed by atoms with van der Waals surface area (Å²) in [7, 11) is 4.01. The lowest BCUT2D eigenvalue weighted by atomic mass is 10.1. The van der Waals surface area contributed by atoms with Crippen LogP contribution in [0.4, 0.5) is 0 Å². The van der Waals surface area contributed by atoms with Crippen LogP contribution < -0.4 is 5.32 Å². The molecule has 142 valence electrons. The van der Waals surface area contributed by atoms with Gasteiger partial charge in [-0.15, -0.1) is 0 Å². The third-order valence-corrected chi connectivity index (χ3v) is 4.72. The molecule has 0 bridgehead atoms. The van der Waals surface area contributed by atoms with E-state index in [4.69, 9.17) is 4.42 Å². The van der Waals surface area contributed by atoms with Crippen molar-refractivity contribution in [3.63, 3.8) is 0 Å². The third kappa shape index (κ3) is 4.74. The van der Waals surface area contributed by atoms with Crippen molar-refractivity contribution in [1.29, 1.82) is 0 Å². The average Bonchev–Trinajstić information content (AvgIpc) is 3.28. The zero-order chi connectivity index (χ0) is 18.5. The Morgan fingerprint density at radius 3 is 2.85 bits per heavy atom. The zero-order valence-electron chi connectivity index (χ0n) is 15.9. The molecule has 1 amide bonds. The van der Waals surface area contributed by atoms with Gasteiger partial charge in [0, 0.05) is 25.8 Å². The number of carbonyl (C=O) groups excluding carboxylic acids is 1. The molecular weight excluding hydrogens is 330 g/mol. The smallest absolute Gasteiger partial charge is 0.274 e. The normalized spacial score (nSPS) is 17.6. The maximum absolute atomic E-state index is 13.0. The number of rotatable bonds is 7. The Hall–Kier alpha value is -2.12. The predicted molar refractivity (Wildman–Crippen MR) is 100 cm³/mol. The van der Waals surface area contributed by atoms with Crippen LogP contribution in [0.1, 0.15) is 40.9 Å². The predicted octanol–water partition coefficient (Wildman–Crippen LogP) is 1.91. The molecule has 2 aromatic heterocycles. The Morgan fingerprint density at radius 1 is 1.35 bits per heavy atom. The Labute approximate surface area is 154 Å². The molecule has 0 aromatic carbocycles. The van der Waals surface area contributed by atoms with Gasteiger partial charge in [-0.3, -0.25) is 9.48 Å². The Balaban J connectivity index is 1.72. The minimum absolute atomic E-state index is 0.0524. The third-order valence-electron chi connectivity index (χ3n) is 4.72. The number of amides is 1. The molecule has 3 rings (SSSR count). The Morgan fingerprint density at radius 2 is 2.19 bits per heavy atom. The summed E-state index contributed by atoms with van der Waals surface area (Å²) in [5, 5.41) is 7.96. The van der Waals surface area contributed by atoms with Crippen LogP contribution in [0.5, 0.6) is 0 Å². The highest BCUT2D eigenvalue weighted by molar-refractivity contribution is 5.92. The lowest BCUT2D eigenvalue weighted by Crippen LogP contribution is -2.36. The van der Waals surface area contributed by atoms with Crippen molar-refractivity contribution < 1.29 is 9.21 Å². The molecule has 1 aliphatic rings. The van der Waals surface area contributed by atoms with Crippen LogP contribution in [0.2, 0.25) is 0 Å². The van der Waals surface area contributed by atoms with Crippen LogP contribution in [0.25, 0.3) is 0 Å². The Kier molecular flexibility index (Phi) is 6.11. The highest BCUT2D eigenvalue weighted by Gasteiger charge is 2.22. The number of aromatic nitrogens is 2. The number of carbonyl (C=O) groups is 1. The minimum Gasteiger partial charge on any atom is -0.464 e. The Bertz CT molecular complexity index is 715. The summed E-state index contributed by atoms with van der Waals surface area (Å²) in [6, 6.07) is 6.01. The van der Waals surface area contributed by atoms with Gasteiger partial charge in [0.25, 0.3) is 5.91 Å². The summed E-state index contributed by atoms with van der Waals surface area (Å²) in [6.45, 7) is 5.76. The second-order valence-electron chi connectivity index (χ2n) is 7.22. The quantitative estimate of drug-likeness (QED) is 0.818. The highest BCUT2D eigenvalue weighted by Crippen LogP contribution is 2.17. The van der Waals surface area contributed by atoms with Gasteiger partial charge in [0.2, 0.25) is 0 Å². The second kappa shape index (κ2) is 8.51. The molecule has 2 aromatic rings. The van der Waals surface area contributed by atoms with E-state index in [2.05, 4.69) is 15.3 Å². The molecule has 0 radical (unpaired) electrons. The number of aryl methyl sites for hydroxylation is 1. The number of likely N-dealkylation sites (N-methyl/N-ethyl adjacent to an activating group) is 1. The van der Waals surface area contributed by atoms with E-state index in [0.29, 0.717) is 24.8 Å². The van der Waals surface area contributed by atoms with E-state index >= 15 is 0 Å². The monoisotopic (exact) mass is 359 g/mol. The lowest BCUT2D eigenvalue weighted by Gasteiger charge is -2.24. The largest absolute Gasteiger partial charge is 0.464 e. The van der Waals surface area contributed by atoms with Crippen LogP contribution in [-0.4, -0.2) is 65.8 Å². The minimum atomic E-state index is -0.0524. The SMILES string of the molecule is Cc1ccc(CN(CCN(C)C)C(=O)c2ccn(C3CCCNC3)n2)o1. The van der Waals surface area contributed by atoms with E-state index in [1.54, 1.807) is 0 Å². The van der Waals surface area contributed by atoms with E-state index in [9.17, 15) is 4.79 Å². The molecule has 0 saturated carbocycles. The van der Waals surface area contributed by atoms with Gasteiger partial charge in [-0.25, -0.2) is 0 Å². The first-order valence-electron chi connectivity index (χ1n) is 9.28. The lowest BCUT2D eigenvalue weighted by molar-refractivity contribution is 0.0711. The summed E-state index contributed by atoms with van der Waals surface area (Å²) < 4.78 is 7.60. The van der Waals surface area contributed by atoms with Crippen molar-refractivity contribution in [1.82, 2.24) is 24.9 Å². The molecule has 26 heavy (non-hydrogen) atoms. The molecule has 1 fully saturated rings. The van der Waals surface area contributed by atoms with Gasteiger partial charge in [-0.2, -0.15) is 5.10 Å². The summed E-state index contributed by atoms with van der Waals surface area (Å²) in [6.07, 6.45) is 4.16. The molecule has 0 aliphatic carbocycles. The van der Waals surface area contributed by atoms with Crippen LogP contribution in [0, 0.1) is 6.92 Å². The van der Waals surface area contributed by atoms with Crippen LogP contribution >= 0.6 is 0 Å². The number of nitrogens with one attached hydrogen (secondary N) is 1. The second-order valence-corrected chi connectivity index (χ2v) is 7.22. The fraction of sp³-hybridized carbons (Fsp3) is 0.579. The molecular formula is C19H29N5O2. The van der Waals surface area contributed by atoms with E-state index in [0.717, 1.165) is 44.0 Å². The van der Waals surface area contributed by atoms with Gasteiger partial charge >= 0.3 is 0 Å². The molecule has 7 nitrogen and oxygen atoms in total. The molecule has 0 spiro atoms. The highest BCUT2D eigenvalue weighted by atomic mass is 16.3. The molecule has 1 saturated heterocycles. The van der Waals surface area contributed by atoms with Crippen molar-refractivity contribution in [2.45, 2.75) is 32.4 Å². The van der Waals surface area contributed by atoms with Gasteiger partial charge in [0.15, 0.2) is 0 Å². The van der Waals surface area contributed by atoms with Crippen molar-refractivity contribution in [2.75, 3.05) is 40.3 Å². The van der Waals surface area contributed by atoms with Gasteiger partial charge in [0.1, 0.15) is 17.2 Å². The van der Waals surface area contributed by atoms with E-state index < -0.39 is 0 Å². The van der Waals surface area contributed by atoms with E-state index in [1.807, 2.05) is 55.0 Å². The average molecular weight is 359 g/mol. The topological polar surface area (TPSA) is 66.5 Å². The fourth-order valence-electron chi connectivity index (χ4n) is 3.21. The summed E-state index contributed by atoms with van der Waals surface area (Å²) >= 11 is 0. The maximum Gasteiger partial charge on any atom is 0.274 e. The molecule has 1 N–H and O–H groups in total. The number of furan rings is 1. The van der Waals surface area contributed by atoms with E-state index in [-0.39, 0.29) is 5.91 Å². The summed E-state index contributed by atoms with van der Waals surface area (Å²) in [5.74, 6) is 1.60. The molecule has 1 atom stereocenters. The van der Waals surface area contributed by atoms with Crippen molar-refractivity contribution >= 4 is 5.91 Å². The summed E-state index contributed by atoms with van der Waals surface area (Å²) in [4.78, 5) is 16.9. The van der Waals surface area contributed by atoms with Crippen LogP contribution in [-0.2, 0) is 6.54 Å². The van der Waals surface area contributed by atoms with Crippen molar-refractivity contribution in [2.24, 2.45) is 0 Å². The first-order valence-corrected chi connectivity index (χ1v) is 9.28. The first kappa shape index (κ1) is 18.7. The number of piperidine rings is 1. The van der Waals surface area contributed by atoms with Gasteiger partial charge in [-0.1, -0.05) is 0 Å². The van der Waals surface area contributed by atoms with Gasteiger partial charge in [-0.05, 0) is 58.6 Å². The summed E-state index contributed by atoms with van der Waals surface area (Å²) in [5.41, 5.74) is 0.498. The van der Waals surface area contributed by atoms with Gasteiger partial charge < -0.3 is 19.5 Å². The number of hydrogen-bond donors (Lipinski definition) is 1. The van der Waals surface area contributed by atoms with Crippen LogP contribution in [0.15, 0.2) is 28.8 Å².